The van der Waals surface area contributed by atoms with Crippen LogP contribution in [0.2, 0.25) is 0 Å². The average molecular weight is 764 g/mol. The molecule has 0 aromatic carbocycles. The van der Waals surface area contributed by atoms with Crippen LogP contribution in [0.15, 0.2) is 72.9 Å². The van der Waals surface area contributed by atoms with Gasteiger partial charge in [-0.2, -0.15) is 0 Å². The van der Waals surface area contributed by atoms with Gasteiger partial charge in [-0.3, -0.25) is 9.36 Å². The molecule has 0 bridgehead atoms. The van der Waals surface area contributed by atoms with E-state index in [0.717, 1.165) is 70.6 Å². The molecule has 0 amide bonds. The number of hydrogen-bond acceptors (Lipinski definition) is 7. The van der Waals surface area contributed by atoms with Crippen LogP contribution in [0.1, 0.15) is 142 Å². The molecule has 0 radical (unpaired) electrons. The molecule has 0 heterocycles. The number of unbranched alkanes of at least 4 members (excludes halogenated alkanes) is 11. The predicted octanol–water partition coefficient (Wildman–Crippen LogP) is 11.3. The predicted molar refractivity (Wildman–Crippen MR) is 222 cm³/mol. The Bertz CT molecular complexity index is 1070. The summed E-state index contributed by atoms with van der Waals surface area (Å²) in [6.07, 6.45) is 46.4. The summed E-state index contributed by atoms with van der Waals surface area (Å²) in [5.74, 6) is -0.359. The van der Waals surface area contributed by atoms with Gasteiger partial charge in [-0.15, -0.1) is 0 Å². The van der Waals surface area contributed by atoms with Crippen LogP contribution in [0.25, 0.3) is 0 Å². The number of quaternary nitrogens is 1. The first kappa shape index (κ1) is 50.9. The van der Waals surface area contributed by atoms with Crippen molar-refractivity contribution in [2.24, 2.45) is 0 Å². The van der Waals surface area contributed by atoms with Crippen molar-refractivity contribution in [1.82, 2.24) is 0 Å². The minimum absolute atomic E-state index is 0.0126. The largest absolute Gasteiger partial charge is 0.756 e. The van der Waals surface area contributed by atoms with E-state index in [0.29, 0.717) is 24.1 Å². The van der Waals surface area contributed by atoms with Crippen molar-refractivity contribution < 1.29 is 37.3 Å². The van der Waals surface area contributed by atoms with Gasteiger partial charge in [0.05, 0.1) is 34.4 Å². The first-order chi connectivity index (χ1) is 25.6. The van der Waals surface area contributed by atoms with Crippen LogP contribution >= 0.6 is 7.82 Å². The van der Waals surface area contributed by atoms with E-state index in [1.54, 1.807) is 0 Å². The van der Waals surface area contributed by atoms with Crippen molar-refractivity contribution >= 4 is 13.8 Å². The molecule has 9 heteroatoms. The normalized spacial score (nSPS) is 14.6. The summed E-state index contributed by atoms with van der Waals surface area (Å²) in [5, 5.41) is 0. The fourth-order valence-corrected chi connectivity index (χ4v) is 5.82. The molecule has 0 rings (SSSR count). The molecule has 0 aliphatic carbocycles. The number of carbonyl (C=O) groups is 1. The van der Waals surface area contributed by atoms with E-state index in [4.69, 9.17) is 18.5 Å². The van der Waals surface area contributed by atoms with E-state index < -0.39 is 13.9 Å². The molecule has 0 saturated heterocycles. The Hall–Kier alpha value is -2.06. The molecule has 0 spiro atoms. The third-order valence-electron chi connectivity index (χ3n) is 8.27. The fourth-order valence-electron chi connectivity index (χ4n) is 5.09. The molecule has 0 aliphatic rings. The number of likely N-dealkylation sites (N-methyl/N-ethyl adjacent to an activating group) is 1. The summed E-state index contributed by atoms with van der Waals surface area (Å²) < 4.78 is 34.4. The minimum Gasteiger partial charge on any atom is -0.756 e. The number of ether oxygens (including phenoxy) is 2. The molecule has 2 unspecified atom stereocenters. The standard InChI is InChI=1S/C44H78NO7P/c1-6-8-10-12-14-16-18-19-20-21-22-23-24-25-26-28-30-32-34-36-39-49-41-43(42-51-53(47,48)50-40-38-45(3,4)5)52-44(46)37-35-33-31-29-27-17-15-13-11-9-7-2/h8,10,14,16,19-20,22-23,25-26,30,32,43H,6-7,9,11-13,15,17-18,21,24,27-29,31,33-42H2,1-5H3/b10-8-,16-14-,20-19-,23-22-,26-25-,32-30-. The molecule has 0 aliphatic heterocycles. The lowest BCUT2D eigenvalue weighted by Gasteiger charge is -2.28. The second-order valence-electron chi connectivity index (χ2n) is 14.6. The van der Waals surface area contributed by atoms with Gasteiger partial charge in [-0.05, 0) is 57.8 Å². The van der Waals surface area contributed by atoms with Gasteiger partial charge in [0.15, 0.2) is 0 Å². The number of carbonyl (C=O) groups excluding carboxylic acids is 1. The highest BCUT2D eigenvalue weighted by Gasteiger charge is 2.20. The highest BCUT2D eigenvalue weighted by molar-refractivity contribution is 7.45. The summed E-state index contributed by atoms with van der Waals surface area (Å²) in [4.78, 5) is 24.9. The molecule has 0 fully saturated rings. The molecule has 0 aromatic rings. The van der Waals surface area contributed by atoms with Crippen LogP contribution in [0, 0.1) is 0 Å². The topological polar surface area (TPSA) is 94.1 Å². The Morgan fingerprint density at radius 1 is 0.604 bits per heavy atom. The molecule has 8 nitrogen and oxygen atoms in total. The number of nitrogens with zero attached hydrogens (tertiary/aromatic N) is 1. The molecule has 306 valence electrons. The van der Waals surface area contributed by atoms with Gasteiger partial charge >= 0.3 is 5.97 Å². The molecule has 0 saturated carbocycles. The first-order valence-electron chi connectivity index (χ1n) is 20.7. The van der Waals surface area contributed by atoms with Gasteiger partial charge in [0.25, 0.3) is 7.82 Å². The lowest BCUT2D eigenvalue weighted by molar-refractivity contribution is -0.870. The lowest BCUT2D eigenvalue weighted by atomic mass is 10.1. The monoisotopic (exact) mass is 764 g/mol. The van der Waals surface area contributed by atoms with E-state index in [2.05, 4.69) is 86.8 Å². The van der Waals surface area contributed by atoms with Gasteiger partial charge in [-0.1, -0.05) is 151 Å². The Morgan fingerprint density at radius 2 is 1.08 bits per heavy atom. The second-order valence-corrected chi connectivity index (χ2v) is 16.0. The third kappa shape index (κ3) is 41.0. The van der Waals surface area contributed by atoms with E-state index in [1.807, 2.05) is 21.1 Å². The van der Waals surface area contributed by atoms with Crippen molar-refractivity contribution in [2.75, 3.05) is 54.1 Å². The van der Waals surface area contributed by atoms with Gasteiger partial charge in [-0.25, -0.2) is 0 Å². The number of rotatable bonds is 37. The van der Waals surface area contributed by atoms with Crippen LogP contribution < -0.4 is 4.89 Å². The average Bonchev–Trinajstić information content (AvgIpc) is 3.11. The minimum atomic E-state index is -4.54. The molecule has 53 heavy (non-hydrogen) atoms. The molecular weight excluding hydrogens is 685 g/mol. The van der Waals surface area contributed by atoms with Crippen molar-refractivity contribution in [1.29, 1.82) is 0 Å². The quantitative estimate of drug-likeness (QED) is 0.0204. The summed E-state index contributed by atoms with van der Waals surface area (Å²) in [7, 11) is 1.31. The fraction of sp³-hybridized carbons (Fsp3) is 0.705. The maximum atomic E-state index is 12.6. The number of allylic oxidation sites excluding steroid dienone is 12. The maximum absolute atomic E-state index is 12.6. The lowest BCUT2D eigenvalue weighted by Crippen LogP contribution is -2.37. The maximum Gasteiger partial charge on any atom is 0.306 e. The zero-order valence-corrected chi connectivity index (χ0v) is 35.3. The van der Waals surface area contributed by atoms with Gasteiger partial charge in [0.1, 0.15) is 19.3 Å². The van der Waals surface area contributed by atoms with E-state index >= 15 is 0 Å². The van der Waals surface area contributed by atoms with E-state index in [9.17, 15) is 14.3 Å². The first-order valence-corrected chi connectivity index (χ1v) is 22.1. The number of hydrogen-bond donors (Lipinski definition) is 0. The summed E-state index contributed by atoms with van der Waals surface area (Å²) in [6, 6.07) is 0. The molecular formula is C44H78NO7P. The van der Waals surface area contributed by atoms with Crippen LogP contribution in [0.3, 0.4) is 0 Å². The van der Waals surface area contributed by atoms with Gasteiger partial charge < -0.3 is 27.9 Å². The Morgan fingerprint density at radius 3 is 1.57 bits per heavy atom. The summed E-state index contributed by atoms with van der Waals surface area (Å²) >= 11 is 0. The van der Waals surface area contributed by atoms with Crippen LogP contribution in [0.5, 0.6) is 0 Å². The van der Waals surface area contributed by atoms with Crippen molar-refractivity contribution in [3.05, 3.63) is 72.9 Å². The Labute approximate surface area is 325 Å². The van der Waals surface area contributed by atoms with Crippen molar-refractivity contribution in [3.63, 3.8) is 0 Å². The van der Waals surface area contributed by atoms with Gasteiger partial charge in [0.2, 0.25) is 0 Å². The zero-order chi connectivity index (χ0) is 39.1. The number of phosphoric ester groups is 1. The molecule has 2 atom stereocenters. The number of esters is 1. The van der Waals surface area contributed by atoms with Gasteiger partial charge in [0, 0.05) is 13.0 Å². The third-order valence-corrected chi connectivity index (χ3v) is 9.24. The van der Waals surface area contributed by atoms with Crippen molar-refractivity contribution in [2.45, 2.75) is 148 Å². The van der Waals surface area contributed by atoms with Crippen LogP contribution in [-0.2, 0) is 27.9 Å². The Balaban J connectivity index is 4.37. The Kier molecular flexibility index (Phi) is 35.5. The highest BCUT2D eigenvalue weighted by atomic mass is 31.2. The second kappa shape index (κ2) is 36.9. The molecule has 0 N–H and O–H groups in total. The SMILES string of the molecule is CC/C=C\C/C=C\C/C=C\C/C=C\C/C=C\C/C=C\CCCOCC(COP(=O)([O-])OCC[N+](C)(C)C)OC(=O)CCCCCCCCCCCCC. The van der Waals surface area contributed by atoms with Crippen molar-refractivity contribution in [3.8, 4) is 0 Å². The van der Waals surface area contributed by atoms with Crippen LogP contribution in [-0.4, -0.2) is 70.7 Å². The zero-order valence-electron chi connectivity index (χ0n) is 34.4. The van der Waals surface area contributed by atoms with E-state index in [1.165, 1.54) is 51.4 Å². The summed E-state index contributed by atoms with van der Waals surface area (Å²) in [5.41, 5.74) is 0. The summed E-state index contributed by atoms with van der Waals surface area (Å²) in [6.45, 7) is 5.11. The van der Waals surface area contributed by atoms with Crippen LogP contribution in [0.4, 0.5) is 0 Å². The number of phosphoric acid groups is 1. The highest BCUT2D eigenvalue weighted by Crippen LogP contribution is 2.38. The molecule has 0 aromatic heterocycles. The smallest absolute Gasteiger partial charge is 0.306 e. The van der Waals surface area contributed by atoms with E-state index in [-0.39, 0.29) is 25.8 Å².